The van der Waals surface area contributed by atoms with Crippen molar-refractivity contribution in [3.63, 3.8) is 0 Å². The number of amides is 2. The van der Waals surface area contributed by atoms with Crippen molar-refractivity contribution < 1.29 is 14.4 Å². The van der Waals surface area contributed by atoms with Gasteiger partial charge in [-0.2, -0.15) is 5.10 Å². The van der Waals surface area contributed by atoms with Crippen LogP contribution in [0.5, 0.6) is 0 Å². The molecule has 1 saturated heterocycles. The maximum absolute atomic E-state index is 14.2. The maximum atomic E-state index is 14.2. The van der Waals surface area contributed by atoms with Crippen LogP contribution >= 0.6 is 0 Å². The molecule has 3 atom stereocenters. The van der Waals surface area contributed by atoms with E-state index in [2.05, 4.69) is 32.4 Å². The number of rotatable bonds is 7. The van der Waals surface area contributed by atoms with Crippen molar-refractivity contribution in [2.75, 3.05) is 0 Å². The maximum Gasteiger partial charge on any atom is 0.243 e. The lowest BCUT2D eigenvalue weighted by atomic mass is 9.91. The van der Waals surface area contributed by atoms with Crippen LogP contribution in [0.1, 0.15) is 65.3 Å². The third kappa shape index (κ3) is 4.79. The average molecular weight is 551 g/mol. The van der Waals surface area contributed by atoms with Gasteiger partial charge in [-0.25, -0.2) is 9.97 Å². The van der Waals surface area contributed by atoms with E-state index in [0.717, 1.165) is 34.2 Å². The Bertz CT molecular complexity index is 1710. The fraction of sp³-hybridized carbons (Fsp3) is 0.375. The second-order valence-electron chi connectivity index (χ2n) is 11.9. The number of aromatic nitrogens is 4. The first-order chi connectivity index (χ1) is 19.6. The van der Waals surface area contributed by atoms with Gasteiger partial charge < -0.3 is 10.2 Å². The number of hydrogen-bond acceptors (Lipinski definition) is 6. The Hall–Kier alpha value is -4.40. The highest BCUT2D eigenvalue weighted by Gasteiger charge is 2.64. The van der Waals surface area contributed by atoms with Crippen molar-refractivity contribution in [1.82, 2.24) is 30.4 Å². The van der Waals surface area contributed by atoms with E-state index in [-0.39, 0.29) is 35.5 Å². The van der Waals surface area contributed by atoms with Crippen molar-refractivity contribution >= 4 is 28.5 Å². The van der Waals surface area contributed by atoms with Gasteiger partial charge in [0.1, 0.15) is 17.6 Å². The lowest BCUT2D eigenvalue weighted by molar-refractivity contribution is -0.139. The van der Waals surface area contributed by atoms with Gasteiger partial charge in [0.15, 0.2) is 5.78 Å². The minimum atomic E-state index is -0.542. The number of hydrogen-bond donors (Lipinski definition) is 2. The van der Waals surface area contributed by atoms with Gasteiger partial charge in [0.05, 0.1) is 11.9 Å². The van der Waals surface area contributed by atoms with Gasteiger partial charge in [0.2, 0.25) is 11.8 Å². The van der Waals surface area contributed by atoms with Crippen LogP contribution in [0.2, 0.25) is 0 Å². The minimum absolute atomic E-state index is 0.0217. The smallest absolute Gasteiger partial charge is 0.243 e. The van der Waals surface area contributed by atoms with E-state index in [0.29, 0.717) is 41.0 Å². The van der Waals surface area contributed by atoms with Crippen LogP contribution in [-0.4, -0.2) is 54.7 Å². The predicted molar refractivity (Wildman–Crippen MR) is 155 cm³/mol. The largest absolute Gasteiger partial charge is 0.350 e. The van der Waals surface area contributed by atoms with Gasteiger partial charge >= 0.3 is 0 Å². The number of H-pyrrole nitrogens is 1. The number of benzene rings is 2. The summed E-state index contributed by atoms with van der Waals surface area (Å²) in [5.41, 5.74) is 6.22. The Morgan fingerprint density at radius 2 is 1.85 bits per heavy atom. The molecule has 9 heteroatoms. The van der Waals surface area contributed by atoms with Gasteiger partial charge in [0, 0.05) is 42.9 Å². The van der Waals surface area contributed by atoms with E-state index in [4.69, 9.17) is 0 Å². The fourth-order valence-corrected chi connectivity index (χ4v) is 6.39. The Morgan fingerprint density at radius 1 is 1.10 bits per heavy atom. The summed E-state index contributed by atoms with van der Waals surface area (Å²) in [6, 6.07) is 9.48. The number of nitrogens with one attached hydrogen (secondary N) is 2. The number of aromatic amines is 1. The molecule has 0 bridgehead atoms. The summed E-state index contributed by atoms with van der Waals surface area (Å²) >= 11 is 0. The molecule has 4 aromatic rings. The van der Waals surface area contributed by atoms with Gasteiger partial charge in [-0.3, -0.25) is 19.5 Å². The number of aryl methyl sites for hydroxylation is 3. The highest BCUT2D eigenvalue weighted by Crippen LogP contribution is 2.59. The first kappa shape index (κ1) is 26.8. The number of Topliss-reactive ketones (excluding diaryl/α,β-unsaturated/α-hetero) is 1. The third-order valence-electron chi connectivity index (χ3n) is 8.67. The normalized spacial score (nSPS) is 21.1. The number of fused-ring (bicyclic) bond motifs is 2. The van der Waals surface area contributed by atoms with Crippen LogP contribution in [0.3, 0.4) is 0 Å². The fourth-order valence-electron chi connectivity index (χ4n) is 6.39. The number of ketones is 1. The lowest BCUT2D eigenvalue weighted by Crippen LogP contribution is -2.48. The van der Waals surface area contributed by atoms with E-state index in [1.54, 1.807) is 17.3 Å². The van der Waals surface area contributed by atoms with E-state index < -0.39 is 6.04 Å². The zero-order chi connectivity index (χ0) is 29.1. The monoisotopic (exact) mass is 550 g/mol. The molecular formula is C32H34N6O3. The molecule has 9 nitrogen and oxygen atoms in total. The SMILES string of the molecule is CC(=O)c1[nH]nc2c(C)cc(-c3cnc(C)nc3)c(CC(=O)N3[C@H](C(=O)NCc4cccc(C)c4)C[C@@]4(C)C[C@@H]34)c12. The molecule has 2 aromatic carbocycles. The van der Waals surface area contributed by atoms with Crippen LogP contribution in [0.15, 0.2) is 42.7 Å². The van der Waals surface area contributed by atoms with Crippen molar-refractivity contribution in [2.45, 2.75) is 72.5 Å². The summed E-state index contributed by atoms with van der Waals surface area (Å²) in [6.45, 7) is 9.81. The molecule has 2 aromatic heterocycles. The highest BCUT2D eigenvalue weighted by atomic mass is 16.2. The van der Waals surface area contributed by atoms with Gasteiger partial charge in [-0.1, -0.05) is 36.8 Å². The average Bonchev–Trinajstić information content (AvgIpc) is 3.26. The molecule has 210 valence electrons. The number of carbonyl (C=O) groups is 3. The summed E-state index contributed by atoms with van der Waals surface area (Å²) in [6.07, 6.45) is 5.01. The molecule has 1 saturated carbocycles. The summed E-state index contributed by atoms with van der Waals surface area (Å²) in [4.78, 5) is 50.8. The summed E-state index contributed by atoms with van der Waals surface area (Å²) in [5, 5.41) is 11.0. The summed E-state index contributed by atoms with van der Waals surface area (Å²) in [5.74, 6) is 0.202. The number of piperidine rings is 1. The van der Waals surface area contributed by atoms with Crippen LogP contribution in [-0.2, 0) is 22.6 Å². The molecule has 2 N–H and O–H groups in total. The molecule has 0 spiro atoms. The van der Waals surface area contributed by atoms with Crippen molar-refractivity contribution in [3.8, 4) is 11.1 Å². The first-order valence-electron chi connectivity index (χ1n) is 14.0. The van der Waals surface area contributed by atoms with E-state index >= 15 is 0 Å². The molecule has 0 radical (unpaired) electrons. The number of carbonyl (C=O) groups excluding carboxylic acids is 3. The molecule has 6 rings (SSSR count). The minimum Gasteiger partial charge on any atom is -0.350 e. The van der Waals surface area contributed by atoms with Crippen LogP contribution in [0, 0.1) is 26.2 Å². The van der Waals surface area contributed by atoms with Gasteiger partial charge in [-0.05, 0) is 67.3 Å². The third-order valence-corrected chi connectivity index (χ3v) is 8.67. The second kappa shape index (κ2) is 9.90. The number of likely N-dealkylation sites (tertiary alicyclic amines) is 1. The van der Waals surface area contributed by atoms with E-state index in [9.17, 15) is 14.4 Å². The van der Waals surface area contributed by atoms with Crippen LogP contribution in [0.25, 0.3) is 22.0 Å². The Morgan fingerprint density at radius 3 is 2.56 bits per heavy atom. The van der Waals surface area contributed by atoms with Crippen LogP contribution < -0.4 is 5.32 Å². The quantitative estimate of drug-likeness (QED) is 0.329. The summed E-state index contributed by atoms with van der Waals surface area (Å²) in [7, 11) is 0. The van der Waals surface area contributed by atoms with Crippen LogP contribution in [0.4, 0.5) is 0 Å². The van der Waals surface area contributed by atoms with Gasteiger partial charge in [-0.15, -0.1) is 0 Å². The molecular weight excluding hydrogens is 516 g/mol. The highest BCUT2D eigenvalue weighted by molar-refractivity contribution is 6.09. The van der Waals surface area contributed by atoms with Crippen molar-refractivity contribution in [1.29, 1.82) is 0 Å². The molecule has 2 amide bonds. The Kier molecular flexibility index (Phi) is 6.47. The zero-order valence-electron chi connectivity index (χ0n) is 24.0. The molecule has 2 fully saturated rings. The molecule has 0 unspecified atom stereocenters. The standard InChI is InChI=1S/C32H34N6O3/c1-17-7-6-8-21(9-17)14-35-31(41)25-12-32(5)13-26(32)38(25)27(40)11-24-23(22-15-33-20(4)34-16-22)10-18(2)29-28(24)30(19(3)39)37-36-29/h6-10,15-16,25-26H,11-14H2,1-5H3,(H,35,41)(H,36,37)/t25-,26+,32-/m0/s1. The molecule has 41 heavy (non-hydrogen) atoms. The molecule has 3 heterocycles. The second-order valence-corrected chi connectivity index (χ2v) is 11.9. The van der Waals surface area contributed by atoms with Gasteiger partial charge in [0.25, 0.3) is 0 Å². The topological polar surface area (TPSA) is 121 Å². The lowest BCUT2D eigenvalue weighted by Gasteiger charge is -2.27. The predicted octanol–water partition coefficient (Wildman–Crippen LogP) is 4.39. The molecule has 1 aliphatic heterocycles. The zero-order valence-corrected chi connectivity index (χ0v) is 24.0. The van der Waals surface area contributed by atoms with E-state index in [1.165, 1.54) is 6.92 Å². The molecule has 1 aliphatic carbocycles. The molecule has 2 aliphatic rings. The Balaban J connectivity index is 1.35. The Labute approximate surface area is 238 Å². The first-order valence-corrected chi connectivity index (χ1v) is 14.0. The van der Waals surface area contributed by atoms with E-state index in [1.807, 2.05) is 51.1 Å². The number of nitrogens with zero attached hydrogens (tertiary/aromatic N) is 4. The van der Waals surface area contributed by atoms with Crippen molar-refractivity contribution in [3.05, 3.63) is 76.5 Å². The van der Waals surface area contributed by atoms with Crippen molar-refractivity contribution in [2.24, 2.45) is 5.41 Å². The summed E-state index contributed by atoms with van der Waals surface area (Å²) < 4.78 is 0.